The van der Waals surface area contributed by atoms with Crippen LogP contribution in [-0.4, -0.2) is 49.7 Å². The molecule has 3 heterocycles. The minimum Gasteiger partial charge on any atom is -0.373 e. The summed E-state index contributed by atoms with van der Waals surface area (Å²) in [6.45, 7) is 3.00. The fourth-order valence-electron chi connectivity index (χ4n) is 5.17. The molecule has 0 radical (unpaired) electrons. The normalized spacial score (nSPS) is 22.9. The second kappa shape index (κ2) is 8.42. The van der Waals surface area contributed by atoms with Gasteiger partial charge in [0.05, 0.1) is 6.04 Å². The minimum atomic E-state index is 0.0722. The quantitative estimate of drug-likeness (QED) is 0.710. The summed E-state index contributed by atoms with van der Waals surface area (Å²) < 4.78 is 10.4. The van der Waals surface area contributed by atoms with E-state index in [4.69, 9.17) is 14.9 Å². The predicted molar refractivity (Wildman–Crippen MR) is 110 cm³/mol. The number of nitrogens with zero attached hydrogens (tertiary/aromatic N) is 7. The summed E-state index contributed by atoms with van der Waals surface area (Å²) >= 11 is 0. The molecule has 0 aromatic carbocycles. The summed E-state index contributed by atoms with van der Waals surface area (Å²) in [5.41, 5.74) is 0. The molecule has 3 aliphatic rings. The maximum atomic E-state index is 6.02. The fraction of sp³-hybridized carbons (Fsp3) is 0.810. The number of rotatable bonds is 7. The zero-order valence-electron chi connectivity index (χ0n) is 17.5. The molecule has 8 nitrogen and oxygen atoms in total. The highest BCUT2D eigenvalue weighted by Gasteiger charge is 2.34. The summed E-state index contributed by atoms with van der Waals surface area (Å²) in [4.78, 5) is 6.52. The van der Waals surface area contributed by atoms with Crippen molar-refractivity contribution in [2.24, 2.45) is 11.8 Å². The van der Waals surface area contributed by atoms with Gasteiger partial charge in [-0.15, -0.1) is 10.2 Å². The van der Waals surface area contributed by atoms with Gasteiger partial charge in [0, 0.05) is 26.7 Å². The van der Waals surface area contributed by atoms with Crippen LogP contribution in [0.1, 0.15) is 75.8 Å². The van der Waals surface area contributed by atoms with Crippen LogP contribution in [-0.2, 0) is 11.3 Å². The van der Waals surface area contributed by atoms with Gasteiger partial charge < -0.3 is 9.64 Å². The van der Waals surface area contributed by atoms with Crippen LogP contribution in [0.15, 0.2) is 12.7 Å². The minimum absolute atomic E-state index is 0.0722. The van der Waals surface area contributed by atoms with Crippen molar-refractivity contribution in [3.8, 4) is 0 Å². The van der Waals surface area contributed by atoms with Gasteiger partial charge in [-0.25, -0.2) is 9.67 Å². The Kier molecular flexibility index (Phi) is 5.52. The van der Waals surface area contributed by atoms with Gasteiger partial charge in [-0.3, -0.25) is 4.57 Å². The standard InChI is InChI=1S/C21H33N7O/c1-29-19(17-5-3-2-4-6-17)20-24-25-21(27(20)13-16-7-8-16)26-11-9-18(10-12-26)28-15-22-14-23-28/h14-19H,2-13H2,1H3. The number of hydrogen-bond donors (Lipinski definition) is 0. The van der Waals surface area contributed by atoms with Gasteiger partial charge in [0.2, 0.25) is 5.95 Å². The third kappa shape index (κ3) is 4.04. The summed E-state index contributed by atoms with van der Waals surface area (Å²) in [5, 5.41) is 13.7. The Hall–Kier alpha value is -1.96. The van der Waals surface area contributed by atoms with Gasteiger partial charge in [0.15, 0.2) is 5.82 Å². The van der Waals surface area contributed by atoms with Crippen LogP contribution in [0.3, 0.4) is 0 Å². The molecule has 1 aliphatic heterocycles. The molecule has 2 aliphatic carbocycles. The first-order valence-electron chi connectivity index (χ1n) is 11.4. The molecule has 3 fully saturated rings. The fourth-order valence-corrected chi connectivity index (χ4v) is 5.17. The molecule has 2 aromatic rings. The van der Waals surface area contributed by atoms with E-state index in [1.807, 2.05) is 18.1 Å². The molecule has 2 aromatic heterocycles. The van der Waals surface area contributed by atoms with Crippen molar-refractivity contribution in [2.75, 3.05) is 25.1 Å². The number of methoxy groups -OCH3 is 1. The van der Waals surface area contributed by atoms with E-state index in [0.29, 0.717) is 12.0 Å². The molecular formula is C21H33N7O. The van der Waals surface area contributed by atoms with Gasteiger partial charge in [0.25, 0.3) is 0 Å². The summed E-state index contributed by atoms with van der Waals surface area (Å²) in [5.74, 6) is 3.45. The average Bonchev–Trinajstić information content (AvgIpc) is 3.25. The third-order valence-electron chi connectivity index (χ3n) is 7.04. The van der Waals surface area contributed by atoms with E-state index < -0.39 is 0 Å². The first kappa shape index (κ1) is 19.0. The zero-order valence-corrected chi connectivity index (χ0v) is 17.5. The van der Waals surface area contributed by atoms with E-state index >= 15 is 0 Å². The molecule has 0 bridgehead atoms. The van der Waals surface area contributed by atoms with Crippen LogP contribution >= 0.6 is 0 Å². The lowest BCUT2D eigenvalue weighted by Gasteiger charge is -2.33. The smallest absolute Gasteiger partial charge is 0.227 e. The third-order valence-corrected chi connectivity index (χ3v) is 7.04. The molecule has 1 unspecified atom stereocenters. The molecule has 0 N–H and O–H groups in total. The van der Waals surface area contributed by atoms with Gasteiger partial charge >= 0.3 is 0 Å². The zero-order chi connectivity index (χ0) is 19.6. The first-order valence-corrected chi connectivity index (χ1v) is 11.4. The number of aromatic nitrogens is 6. The van der Waals surface area contributed by atoms with Crippen LogP contribution in [0, 0.1) is 11.8 Å². The van der Waals surface area contributed by atoms with Gasteiger partial charge in [-0.2, -0.15) is 5.10 Å². The Morgan fingerprint density at radius 2 is 1.83 bits per heavy atom. The van der Waals surface area contributed by atoms with E-state index in [1.54, 1.807) is 6.33 Å². The van der Waals surface area contributed by atoms with Crippen LogP contribution < -0.4 is 4.90 Å². The Balaban J connectivity index is 1.35. The van der Waals surface area contributed by atoms with E-state index in [0.717, 1.165) is 50.2 Å². The molecule has 29 heavy (non-hydrogen) atoms. The van der Waals surface area contributed by atoms with E-state index in [9.17, 15) is 0 Å². The lowest BCUT2D eigenvalue weighted by atomic mass is 9.85. The predicted octanol–water partition coefficient (Wildman–Crippen LogP) is 3.39. The van der Waals surface area contributed by atoms with Gasteiger partial charge in [0.1, 0.15) is 18.8 Å². The van der Waals surface area contributed by atoms with E-state index in [1.165, 1.54) is 44.9 Å². The Bertz CT molecular complexity index is 771. The van der Waals surface area contributed by atoms with Crippen molar-refractivity contribution in [3.63, 3.8) is 0 Å². The van der Waals surface area contributed by atoms with Crippen LogP contribution in [0.25, 0.3) is 0 Å². The summed E-state index contributed by atoms with van der Waals surface area (Å²) in [6, 6.07) is 0.432. The number of hydrogen-bond acceptors (Lipinski definition) is 6. The van der Waals surface area contributed by atoms with Gasteiger partial charge in [-0.1, -0.05) is 19.3 Å². The van der Waals surface area contributed by atoms with Crippen molar-refractivity contribution in [3.05, 3.63) is 18.5 Å². The number of piperidine rings is 1. The number of ether oxygens (including phenoxy) is 1. The second-order valence-corrected chi connectivity index (χ2v) is 9.06. The summed E-state index contributed by atoms with van der Waals surface area (Å²) in [7, 11) is 1.85. The highest BCUT2D eigenvalue weighted by molar-refractivity contribution is 5.33. The van der Waals surface area contributed by atoms with Gasteiger partial charge in [-0.05, 0) is 50.4 Å². The van der Waals surface area contributed by atoms with Crippen molar-refractivity contribution in [1.29, 1.82) is 0 Å². The monoisotopic (exact) mass is 399 g/mol. The molecular weight excluding hydrogens is 366 g/mol. The average molecular weight is 400 g/mol. The maximum absolute atomic E-state index is 6.02. The molecule has 5 rings (SSSR count). The summed E-state index contributed by atoms with van der Waals surface area (Å²) in [6.07, 6.45) is 14.8. The largest absolute Gasteiger partial charge is 0.373 e. The molecule has 0 spiro atoms. The van der Waals surface area contributed by atoms with Crippen molar-refractivity contribution < 1.29 is 4.74 Å². The first-order chi connectivity index (χ1) is 14.3. The van der Waals surface area contributed by atoms with Crippen LogP contribution in [0.5, 0.6) is 0 Å². The Labute approximate surface area is 172 Å². The molecule has 158 valence electrons. The Morgan fingerprint density at radius 1 is 1.03 bits per heavy atom. The topological polar surface area (TPSA) is 73.9 Å². The highest BCUT2D eigenvalue weighted by atomic mass is 16.5. The maximum Gasteiger partial charge on any atom is 0.227 e. The molecule has 2 saturated carbocycles. The van der Waals surface area contributed by atoms with E-state index in [-0.39, 0.29) is 6.10 Å². The second-order valence-electron chi connectivity index (χ2n) is 9.06. The highest BCUT2D eigenvalue weighted by Crippen LogP contribution is 2.39. The van der Waals surface area contributed by atoms with Crippen LogP contribution in [0.2, 0.25) is 0 Å². The lowest BCUT2D eigenvalue weighted by Crippen LogP contribution is -2.37. The molecule has 1 saturated heterocycles. The van der Waals surface area contributed by atoms with Crippen molar-refractivity contribution >= 4 is 5.95 Å². The molecule has 0 amide bonds. The van der Waals surface area contributed by atoms with Crippen molar-refractivity contribution in [1.82, 2.24) is 29.5 Å². The number of anilines is 1. The Morgan fingerprint density at radius 3 is 2.48 bits per heavy atom. The van der Waals surface area contributed by atoms with Crippen molar-refractivity contribution in [2.45, 2.75) is 76.5 Å². The lowest BCUT2D eigenvalue weighted by molar-refractivity contribution is 0.0260. The SMILES string of the molecule is COC(c1nnc(N2CCC(n3cncn3)CC2)n1CC1CC1)C1CCCCC1. The van der Waals surface area contributed by atoms with E-state index in [2.05, 4.69) is 19.5 Å². The molecule has 1 atom stereocenters. The molecule has 8 heteroatoms. The van der Waals surface area contributed by atoms with Crippen LogP contribution in [0.4, 0.5) is 5.95 Å².